The zero-order valence-electron chi connectivity index (χ0n) is 7.04. The first-order valence-corrected chi connectivity index (χ1v) is 4.09. The number of carbonyl (C=O) groups excluding carboxylic acids is 1. The summed E-state index contributed by atoms with van der Waals surface area (Å²) >= 11 is 0. The van der Waals surface area contributed by atoms with Crippen molar-refractivity contribution in [1.82, 2.24) is 0 Å². The molecule has 0 saturated heterocycles. The quantitative estimate of drug-likeness (QED) is 0.626. The van der Waals surface area contributed by atoms with Crippen molar-refractivity contribution in [2.24, 2.45) is 5.90 Å². The summed E-state index contributed by atoms with van der Waals surface area (Å²) in [6.45, 7) is 0. The largest absolute Gasteiger partial charge is 0.411 e. The summed E-state index contributed by atoms with van der Waals surface area (Å²) in [7, 11) is 0. The molecular formula is C9H10N2O2. The molecule has 0 aromatic heterocycles. The normalized spacial score (nSPS) is 14.7. The molecule has 0 atom stereocenters. The van der Waals surface area contributed by atoms with Crippen LogP contribution in [0.25, 0.3) is 0 Å². The van der Waals surface area contributed by atoms with Gasteiger partial charge in [0.25, 0.3) is 0 Å². The second-order valence-electron chi connectivity index (χ2n) is 2.98. The van der Waals surface area contributed by atoms with Gasteiger partial charge in [0.1, 0.15) is 5.75 Å². The van der Waals surface area contributed by atoms with E-state index in [0.717, 1.165) is 17.7 Å². The maximum atomic E-state index is 11.0. The molecule has 0 fully saturated rings. The van der Waals surface area contributed by atoms with E-state index >= 15 is 0 Å². The van der Waals surface area contributed by atoms with Crippen LogP contribution >= 0.6 is 0 Å². The average molecular weight is 178 g/mol. The zero-order valence-corrected chi connectivity index (χ0v) is 7.04. The molecule has 0 unspecified atom stereocenters. The predicted molar refractivity (Wildman–Crippen MR) is 48.2 cm³/mol. The molecule has 2 rings (SSSR count). The van der Waals surface area contributed by atoms with Gasteiger partial charge >= 0.3 is 0 Å². The number of nitrogens with one attached hydrogen (secondary N) is 1. The number of amides is 1. The molecule has 1 aromatic rings. The minimum absolute atomic E-state index is 0.0432. The molecule has 1 aliphatic heterocycles. The van der Waals surface area contributed by atoms with E-state index in [4.69, 9.17) is 5.90 Å². The highest BCUT2D eigenvalue weighted by molar-refractivity contribution is 5.94. The van der Waals surface area contributed by atoms with Crippen molar-refractivity contribution in [3.63, 3.8) is 0 Å². The van der Waals surface area contributed by atoms with Gasteiger partial charge in [-0.2, -0.15) is 5.90 Å². The van der Waals surface area contributed by atoms with Crippen LogP contribution in [0.5, 0.6) is 5.75 Å². The highest BCUT2D eigenvalue weighted by Crippen LogP contribution is 2.26. The molecule has 0 radical (unpaired) electrons. The minimum Gasteiger partial charge on any atom is -0.411 e. The third kappa shape index (κ3) is 1.48. The maximum absolute atomic E-state index is 11.0. The lowest BCUT2D eigenvalue weighted by Crippen LogP contribution is -2.19. The Morgan fingerprint density at radius 2 is 2.23 bits per heavy atom. The number of aryl methyl sites for hydroxylation is 1. The van der Waals surface area contributed by atoms with E-state index in [1.165, 1.54) is 0 Å². The summed E-state index contributed by atoms with van der Waals surface area (Å²) in [6, 6.07) is 5.43. The fourth-order valence-electron chi connectivity index (χ4n) is 1.42. The number of hydrogen-bond donors (Lipinski definition) is 2. The van der Waals surface area contributed by atoms with Crippen molar-refractivity contribution in [3.05, 3.63) is 23.8 Å². The summed E-state index contributed by atoms with van der Waals surface area (Å²) in [5, 5.41) is 2.76. The van der Waals surface area contributed by atoms with Crippen LogP contribution in [-0.2, 0) is 11.2 Å². The highest BCUT2D eigenvalue weighted by Gasteiger charge is 2.14. The van der Waals surface area contributed by atoms with E-state index in [2.05, 4.69) is 10.2 Å². The SMILES string of the molecule is NOc1ccc2c(c1)NC(=O)CC2. The first-order chi connectivity index (χ1) is 6.29. The third-order valence-corrected chi connectivity index (χ3v) is 2.11. The van der Waals surface area contributed by atoms with Gasteiger partial charge in [-0.05, 0) is 18.1 Å². The molecule has 3 N–H and O–H groups in total. The lowest BCUT2D eigenvalue weighted by atomic mass is 10.0. The fourth-order valence-corrected chi connectivity index (χ4v) is 1.42. The number of nitrogens with two attached hydrogens (primary N) is 1. The zero-order chi connectivity index (χ0) is 9.26. The van der Waals surface area contributed by atoms with Crippen molar-refractivity contribution in [2.75, 3.05) is 5.32 Å². The minimum atomic E-state index is 0.0432. The number of carbonyl (C=O) groups is 1. The Morgan fingerprint density at radius 3 is 3.00 bits per heavy atom. The van der Waals surface area contributed by atoms with Crippen LogP contribution in [0.4, 0.5) is 5.69 Å². The molecule has 1 heterocycles. The number of fused-ring (bicyclic) bond motifs is 1. The molecule has 0 saturated carbocycles. The molecule has 4 nitrogen and oxygen atoms in total. The number of anilines is 1. The van der Waals surface area contributed by atoms with Gasteiger partial charge in [-0.15, -0.1) is 0 Å². The number of benzene rings is 1. The molecule has 13 heavy (non-hydrogen) atoms. The van der Waals surface area contributed by atoms with E-state index in [0.29, 0.717) is 12.2 Å². The fraction of sp³-hybridized carbons (Fsp3) is 0.222. The first-order valence-electron chi connectivity index (χ1n) is 4.09. The summed E-state index contributed by atoms with van der Waals surface area (Å²) in [5.41, 5.74) is 1.93. The summed E-state index contributed by atoms with van der Waals surface area (Å²) in [5.74, 6) is 5.60. The highest BCUT2D eigenvalue weighted by atomic mass is 16.6. The lowest BCUT2D eigenvalue weighted by molar-refractivity contribution is -0.116. The Morgan fingerprint density at radius 1 is 1.38 bits per heavy atom. The molecule has 0 bridgehead atoms. The van der Waals surface area contributed by atoms with Crippen LogP contribution in [0, 0.1) is 0 Å². The second kappa shape index (κ2) is 3.06. The summed E-state index contributed by atoms with van der Waals surface area (Å²) in [4.78, 5) is 15.6. The molecule has 0 aliphatic carbocycles. The molecular weight excluding hydrogens is 168 g/mol. The molecule has 68 valence electrons. The maximum Gasteiger partial charge on any atom is 0.224 e. The van der Waals surface area contributed by atoms with Gasteiger partial charge in [0, 0.05) is 18.2 Å². The lowest BCUT2D eigenvalue weighted by Gasteiger charge is -2.16. The molecule has 1 aliphatic rings. The van der Waals surface area contributed by atoms with Gasteiger partial charge in [0.2, 0.25) is 5.91 Å². The molecule has 4 heteroatoms. The number of rotatable bonds is 1. The van der Waals surface area contributed by atoms with Gasteiger partial charge in [-0.3, -0.25) is 4.79 Å². The van der Waals surface area contributed by atoms with E-state index in [9.17, 15) is 4.79 Å². The van der Waals surface area contributed by atoms with Crippen molar-refractivity contribution in [3.8, 4) is 5.75 Å². The van der Waals surface area contributed by atoms with E-state index in [1.54, 1.807) is 12.1 Å². The Labute approximate surface area is 75.6 Å². The van der Waals surface area contributed by atoms with Gasteiger partial charge in [0.05, 0.1) is 0 Å². The monoisotopic (exact) mass is 178 g/mol. The van der Waals surface area contributed by atoms with E-state index in [-0.39, 0.29) is 5.91 Å². The van der Waals surface area contributed by atoms with Gasteiger partial charge < -0.3 is 10.2 Å². The van der Waals surface area contributed by atoms with Gasteiger partial charge in [-0.25, -0.2) is 0 Å². The molecule has 1 aromatic carbocycles. The Kier molecular flexibility index (Phi) is 1.90. The van der Waals surface area contributed by atoms with Crippen LogP contribution in [0.3, 0.4) is 0 Å². The van der Waals surface area contributed by atoms with Gasteiger partial charge in [0.15, 0.2) is 0 Å². The smallest absolute Gasteiger partial charge is 0.224 e. The second-order valence-corrected chi connectivity index (χ2v) is 2.98. The first kappa shape index (κ1) is 8.07. The van der Waals surface area contributed by atoms with Crippen molar-refractivity contribution in [2.45, 2.75) is 12.8 Å². The number of hydrogen-bond acceptors (Lipinski definition) is 3. The van der Waals surface area contributed by atoms with E-state index in [1.807, 2.05) is 6.07 Å². The molecule has 0 spiro atoms. The summed E-state index contributed by atoms with van der Waals surface area (Å²) in [6.07, 6.45) is 1.34. The van der Waals surface area contributed by atoms with Crippen LogP contribution in [0.1, 0.15) is 12.0 Å². The summed E-state index contributed by atoms with van der Waals surface area (Å²) < 4.78 is 0. The Balaban J connectivity index is 2.38. The Hall–Kier alpha value is -1.55. The van der Waals surface area contributed by atoms with E-state index < -0.39 is 0 Å². The van der Waals surface area contributed by atoms with Crippen molar-refractivity contribution < 1.29 is 9.63 Å². The average Bonchev–Trinajstić information content (AvgIpc) is 2.16. The van der Waals surface area contributed by atoms with Crippen LogP contribution in [0.15, 0.2) is 18.2 Å². The van der Waals surface area contributed by atoms with Crippen LogP contribution in [-0.4, -0.2) is 5.91 Å². The predicted octanol–water partition coefficient (Wildman–Crippen LogP) is 0.824. The topological polar surface area (TPSA) is 64.3 Å². The third-order valence-electron chi connectivity index (χ3n) is 2.11. The van der Waals surface area contributed by atoms with Crippen LogP contribution in [0.2, 0.25) is 0 Å². The standard InChI is InChI=1S/C9H10N2O2/c10-13-7-3-1-6-2-4-9(12)11-8(6)5-7/h1,3,5H,2,4,10H2,(H,11,12). The molecule has 1 amide bonds. The van der Waals surface area contributed by atoms with Crippen molar-refractivity contribution in [1.29, 1.82) is 0 Å². The van der Waals surface area contributed by atoms with Gasteiger partial charge in [-0.1, -0.05) is 6.07 Å². The van der Waals surface area contributed by atoms with Crippen molar-refractivity contribution >= 4 is 11.6 Å². The van der Waals surface area contributed by atoms with Crippen LogP contribution < -0.4 is 16.1 Å². The Bertz CT molecular complexity index is 349.